The van der Waals surface area contributed by atoms with E-state index in [9.17, 15) is 4.79 Å². The van der Waals surface area contributed by atoms with Gasteiger partial charge in [-0.05, 0) is 5.56 Å². The Bertz CT molecular complexity index is 609. The van der Waals surface area contributed by atoms with Crippen molar-refractivity contribution >= 4 is 5.91 Å². The molecule has 1 aromatic carbocycles. The van der Waals surface area contributed by atoms with Crippen molar-refractivity contribution in [3.63, 3.8) is 0 Å². The van der Waals surface area contributed by atoms with E-state index in [-0.39, 0.29) is 11.8 Å². The van der Waals surface area contributed by atoms with Gasteiger partial charge < -0.3 is 14.6 Å². The van der Waals surface area contributed by atoms with E-state index in [1.165, 1.54) is 5.56 Å². The molecule has 21 heavy (non-hydrogen) atoms. The summed E-state index contributed by atoms with van der Waals surface area (Å²) in [6.45, 7) is 1.73. The zero-order valence-corrected chi connectivity index (χ0v) is 12.1. The molecule has 1 aliphatic rings. The first-order chi connectivity index (χ1) is 10.3. The number of rotatable bonds is 4. The minimum atomic E-state index is 0.123. The van der Waals surface area contributed by atoms with E-state index < -0.39 is 0 Å². The summed E-state index contributed by atoms with van der Waals surface area (Å²) in [6, 6.07) is 10.2. The van der Waals surface area contributed by atoms with Crippen LogP contribution in [-0.4, -0.2) is 41.0 Å². The fraction of sp³-hybridized carbons (Fsp3) is 0.375. The molecule has 1 aromatic heterocycles. The molecular formula is C16H19N3O2. The Morgan fingerprint density at radius 1 is 1.43 bits per heavy atom. The summed E-state index contributed by atoms with van der Waals surface area (Å²) in [6.07, 6.45) is 2.13. The molecule has 2 heterocycles. The first-order valence-corrected chi connectivity index (χ1v) is 7.13. The SMILES string of the molecule is COCCC(=O)N1Cc2[nH]cnc2C(c2ccccc2)C1. The summed E-state index contributed by atoms with van der Waals surface area (Å²) in [5.41, 5.74) is 3.27. The minimum Gasteiger partial charge on any atom is -0.384 e. The second kappa shape index (κ2) is 6.10. The maximum Gasteiger partial charge on any atom is 0.225 e. The number of H-pyrrole nitrogens is 1. The second-order valence-corrected chi connectivity index (χ2v) is 5.25. The summed E-state index contributed by atoms with van der Waals surface area (Å²) in [4.78, 5) is 21.8. The van der Waals surface area contributed by atoms with Crippen LogP contribution in [0, 0.1) is 0 Å². The number of nitrogens with zero attached hydrogens (tertiary/aromatic N) is 2. The molecule has 3 rings (SSSR count). The zero-order valence-electron chi connectivity index (χ0n) is 12.1. The van der Waals surface area contributed by atoms with Crippen LogP contribution in [0.1, 0.15) is 29.3 Å². The molecular weight excluding hydrogens is 266 g/mol. The van der Waals surface area contributed by atoms with Gasteiger partial charge >= 0.3 is 0 Å². The van der Waals surface area contributed by atoms with Crippen LogP contribution in [0.2, 0.25) is 0 Å². The van der Waals surface area contributed by atoms with Crippen molar-refractivity contribution in [2.75, 3.05) is 20.3 Å². The number of ether oxygens (including phenoxy) is 1. The van der Waals surface area contributed by atoms with Gasteiger partial charge in [-0.25, -0.2) is 4.98 Å². The first kappa shape index (κ1) is 13.8. The molecule has 1 N–H and O–H groups in total. The number of fused-ring (bicyclic) bond motifs is 1. The normalized spacial score (nSPS) is 17.6. The highest BCUT2D eigenvalue weighted by molar-refractivity contribution is 5.76. The van der Waals surface area contributed by atoms with Gasteiger partial charge in [-0.3, -0.25) is 4.79 Å². The average Bonchev–Trinajstić information content (AvgIpc) is 3.01. The van der Waals surface area contributed by atoms with Crippen LogP contribution in [0.4, 0.5) is 0 Å². The molecule has 1 amide bonds. The smallest absolute Gasteiger partial charge is 0.225 e. The van der Waals surface area contributed by atoms with E-state index in [0.717, 1.165) is 11.4 Å². The topological polar surface area (TPSA) is 58.2 Å². The number of carbonyl (C=O) groups is 1. The lowest BCUT2D eigenvalue weighted by molar-refractivity contribution is -0.133. The number of nitrogens with one attached hydrogen (secondary N) is 1. The zero-order chi connectivity index (χ0) is 14.7. The molecule has 5 heteroatoms. The molecule has 0 fully saturated rings. The van der Waals surface area contributed by atoms with E-state index in [0.29, 0.717) is 26.1 Å². The third-order valence-corrected chi connectivity index (χ3v) is 3.91. The Hall–Kier alpha value is -2.14. The number of aromatic amines is 1. The molecule has 0 saturated carbocycles. The van der Waals surface area contributed by atoms with Gasteiger partial charge in [0, 0.05) is 19.6 Å². The van der Waals surface area contributed by atoms with Crippen LogP contribution in [0.5, 0.6) is 0 Å². The van der Waals surface area contributed by atoms with Crippen LogP contribution in [0.15, 0.2) is 36.7 Å². The van der Waals surface area contributed by atoms with E-state index >= 15 is 0 Å². The Kier molecular flexibility index (Phi) is 4.01. The molecule has 2 aromatic rings. The minimum absolute atomic E-state index is 0.123. The Morgan fingerprint density at radius 2 is 2.24 bits per heavy atom. The van der Waals surface area contributed by atoms with Gasteiger partial charge in [-0.2, -0.15) is 0 Å². The first-order valence-electron chi connectivity index (χ1n) is 7.13. The average molecular weight is 285 g/mol. The third-order valence-electron chi connectivity index (χ3n) is 3.91. The highest BCUT2D eigenvalue weighted by Crippen LogP contribution is 2.31. The van der Waals surface area contributed by atoms with Gasteiger partial charge in [0.15, 0.2) is 0 Å². The monoisotopic (exact) mass is 285 g/mol. The van der Waals surface area contributed by atoms with Gasteiger partial charge in [-0.15, -0.1) is 0 Å². The van der Waals surface area contributed by atoms with Crippen molar-refractivity contribution in [2.24, 2.45) is 0 Å². The Balaban J connectivity index is 1.86. The molecule has 0 bridgehead atoms. The summed E-state index contributed by atoms with van der Waals surface area (Å²) < 4.78 is 5.00. The number of hydrogen-bond donors (Lipinski definition) is 1. The van der Waals surface area contributed by atoms with Gasteiger partial charge in [0.25, 0.3) is 0 Å². The number of methoxy groups -OCH3 is 1. The van der Waals surface area contributed by atoms with Crippen molar-refractivity contribution in [1.82, 2.24) is 14.9 Å². The van der Waals surface area contributed by atoms with Gasteiger partial charge in [0.1, 0.15) is 0 Å². The van der Waals surface area contributed by atoms with Crippen molar-refractivity contribution in [3.05, 3.63) is 53.6 Å². The van der Waals surface area contributed by atoms with Gasteiger partial charge in [-0.1, -0.05) is 30.3 Å². The molecule has 110 valence electrons. The predicted molar refractivity (Wildman–Crippen MR) is 78.8 cm³/mol. The van der Waals surface area contributed by atoms with Crippen molar-refractivity contribution in [2.45, 2.75) is 18.9 Å². The van der Waals surface area contributed by atoms with E-state index in [4.69, 9.17) is 4.74 Å². The Labute approximate surface area is 124 Å². The lowest BCUT2D eigenvalue weighted by atomic mass is 9.91. The molecule has 0 saturated heterocycles. The van der Waals surface area contributed by atoms with Crippen molar-refractivity contribution in [3.8, 4) is 0 Å². The number of hydrogen-bond acceptors (Lipinski definition) is 3. The van der Waals surface area contributed by atoms with Crippen LogP contribution in [0.25, 0.3) is 0 Å². The fourth-order valence-corrected chi connectivity index (χ4v) is 2.81. The summed E-state index contributed by atoms with van der Waals surface area (Å²) in [5.74, 6) is 0.255. The maximum atomic E-state index is 12.3. The number of carbonyl (C=O) groups excluding carboxylic acids is 1. The predicted octanol–water partition coefficient (Wildman–Crippen LogP) is 1.92. The molecule has 0 spiro atoms. The molecule has 1 aliphatic heterocycles. The molecule has 0 radical (unpaired) electrons. The fourth-order valence-electron chi connectivity index (χ4n) is 2.81. The largest absolute Gasteiger partial charge is 0.384 e. The van der Waals surface area contributed by atoms with Crippen LogP contribution < -0.4 is 0 Å². The molecule has 0 aliphatic carbocycles. The maximum absolute atomic E-state index is 12.3. The van der Waals surface area contributed by atoms with Gasteiger partial charge in [0.2, 0.25) is 5.91 Å². The number of imidazole rings is 1. The number of amides is 1. The highest BCUT2D eigenvalue weighted by atomic mass is 16.5. The third kappa shape index (κ3) is 2.83. The quantitative estimate of drug-likeness (QED) is 0.933. The van der Waals surface area contributed by atoms with Gasteiger partial charge in [0.05, 0.1) is 37.3 Å². The van der Waals surface area contributed by atoms with Crippen LogP contribution in [-0.2, 0) is 16.1 Å². The molecule has 1 unspecified atom stereocenters. The number of aromatic nitrogens is 2. The van der Waals surface area contributed by atoms with E-state index in [2.05, 4.69) is 22.1 Å². The van der Waals surface area contributed by atoms with Crippen molar-refractivity contribution < 1.29 is 9.53 Å². The van der Waals surface area contributed by atoms with E-state index in [1.807, 2.05) is 23.1 Å². The van der Waals surface area contributed by atoms with E-state index in [1.54, 1.807) is 13.4 Å². The van der Waals surface area contributed by atoms with Crippen LogP contribution in [0.3, 0.4) is 0 Å². The molecule has 1 atom stereocenters. The standard InChI is InChI=1S/C16H19N3O2/c1-21-8-7-15(20)19-9-13(12-5-3-2-4-6-12)16-14(10-19)17-11-18-16/h2-6,11,13H,7-10H2,1H3,(H,17,18). The summed E-state index contributed by atoms with van der Waals surface area (Å²) >= 11 is 0. The summed E-state index contributed by atoms with van der Waals surface area (Å²) in [5, 5.41) is 0. The molecule has 5 nitrogen and oxygen atoms in total. The number of benzene rings is 1. The lowest BCUT2D eigenvalue weighted by Crippen LogP contribution is -2.39. The summed E-state index contributed by atoms with van der Waals surface area (Å²) in [7, 11) is 1.61. The highest BCUT2D eigenvalue weighted by Gasteiger charge is 2.30. The van der Waals surface area contributed by atoms with Crippen LogP contribution >= 0.6 is 0 Å². The Morgan fingerprint density at radius 3 is 3.00 bits per heavy atom. The lowest BCUT2D eigenvalue weighted by Gasteiger charge is -2.32. The second-order valence-electron chi connectivity index (χ2n) is 5.25. The van der Waals surface area contributed by atoms with Crippen molar-refractivity contribution in [1.29, 1.82) is 0 Å².